The van der Waals surface area contributed by atoms with Gasteiger partial charge in [-0.3, -0.25) is 19.4 Å². The van der Waals surface area contributed by atoms with E-state index in [0.29, 0.717) is 37.3 Å². The molecule has 0 radical (unpaired) electrons. The summed E-state index contributed by atoms with van der Waals surface area (Å²) < 4.78 is 35.7. The molecule has 1 fully saturated rings. The average molecular weight is 573 g/mol. The summed E-state index contributed by atoms with van der Waals surface area (Å²) in [5.41, 5.74) is 2.63. The predicted molar refractivity (Wildman–Crippen MR) is 154 cm³/mol. The fourth-order valence-electron chi connectivity index (χ4n) is 5.78. The van der Waals surface area contributed by atoms with Crippen molar-refractivity contribution in [2.45, 2.75) is 45.1 Å². The van der Waals surface area contributed by atoms with Gasteiger partial charge < -0.3 is 19.5 Å². The number of aromatic nitrogens is 2. The fourth-order valence-corrected chi connectivity index (χ4v) is 5.78. The first-order valence-electron chi connectivity index (χ1n) is 14.1. The van der Waals surface area contributed by atoms with Gasteiger partial charge in [0, 0.05) is 31.2 Å². The van der Waals surface area contributed by atoms with Crippen LogP contribution < -0.4 is 15.5 Å². The predicted octanol–water partition coefficient (Wildman–Crippen LogP) is 5.46. The Morgan fingerprint density at radius 3 is 2.55 bits per heavy atom. The van der Waals surface area contributed by atoms with Crippen LogP contribution >= 0.6 is 0 Å². The summed E-state index contributed by atoms with van der Waals surface area (Å²) >= 11 is 0. The van der Waals surface area contributed by atoms with Gasteiger partial charge in [-0.05, 0) is 73.6 Å². The Kier molecular flexibility index (Phi) is 7.22. The molecule has 2 aliphatic rings. The Bertz CT molecular complexity index is 1760. The molecular weight excluding hydrogens is 542 g/mol. The Hall–Kier alpha value is -4.60. The second-order valence-corrected chi connectivity index (χ2v) is 10.9. The van der Waals surface area contributed by atoms with Gasteiger partial charge in [0.1, 0.15) is 17.9 Å². The third kappa shape index (κ3) is 4.91. The Labute approximate surface area is 240 Å². The number of piperidine rings is 1. The Balaban J connectivity index is 1.15. The summed E-state index contributed by atoms with van der Waals surface area (Å²) in [5.74, 6) is -3.11. The summed E-state index contributed by atoms with van der Waals surface area (Å²) in [4.78, 5) is 45.2. The van der Waals surface area contributed by atoms with Crippen LogP contribution in [-0.2, 0) is 6.42 Å². The first kappa shape index (κ1) is 27.6. The maximum atomic E-state index is 14.4. The number of hydrogen-bond donors (Lipinski definition) is 1. The van der Waals surface area contributed by atoms with E-state index in [1.807, 2.05) is 44.2 Å². The maximum absolute atomic E-state index is 14.4. The van der Waals surface area contributed by atoms with E-state index in [1.165, 1.54) is 6.20 Å². The zero-order valence-corrected chi connectivity index (χ0v) is 23.3. The number of pyridine rings is 2. The number of carbonyl (C=O) groups excluding carboxylic acids is 2. The number of halogens is 2. The van der Waals surface area contributed by atoms with Crippen LogP contribution in [0.25, 0.3) is 10.9 Å². The number of benzene rings is 2. The van der Waals surface area contributed by atoms with E-state index in [1.54, 1.807) is 21.7 Å². The van der Waals surface area contributed by atoms with Gasteiger partial charge in [0.25, 0.3) is 11.8 Å². The largest absolute Gasteiger partial charge is 0.486 e. The van der Waals surface area contributed by atoms with E-state index in [-0.39, 0.29) is 46.7 Å². The molecule has 8 nitrogen and oxygen atoms in total. The van der Waals surface area contributed by atoms with E-state index in [4.69, 9.17) is 4.74 Å². The van der Waals surface area contributed by atoms with Gasteiger partial charge in [-0.25, -0.2) is 4.39 Å². The summed E-state index contributed by atoms with van der Waals surface area (Å²) in [7, 11) is 0. The molecule has 2 aromatic carbocycles. The van der Waals surface area contributed by atoms with Gasteiger partial charge in [-0.15, -0.1) is 0 Å². The molecule has 0 bridgehead atoms. The number of nitrogens with zero attached hydrogens (tertiary/aromatic N) is 3. The first-order valence-corrected chi connectivity index (χ1v) is 14.1. The highest BCUT2D eigenvalue weighted by molar-refractivity contribution is 6.03. The van der Waals surface area contributed by atoms with Gasteiger partial charge in [0.2, 0.25) is 11.2 Å². The van der Waals surface area contributed by atoms with E-state index >= 15 is 0 Å². The van der Waals surface area contributed by atoms with Crippen molar-refractivity contribution in [1.29, 1.82) is 0 Å². The van der Waals surface area contributed by atoms with E-state index in [0.717, 1.165) is 23.6 Å². The average Bonchev–Trinajstić information content (AvgIpc) is 3.02. The van der Waals surface area contributed by atoms with Gasteiger partial charge in [-0.2, -0.15) is 4.39 Å². The number of aryl methyl sites for hydroxylation is 1. The second kappa shape index (κ2) is 11.0. The van der Waals surface area contributed by atoms with Crippen molar-refractivity contribution in [1.82, 2.24) is 14.5 Å². The SMILES string of the molecule is CCc1ccnc(C(=O)Nc2ccc(C3CCN(C(=O)c4cn5c6c(c(F)c(F)cc6c4=O)OC[C@@H]5C)CC3)cc2)c1. The Morgan fingerprint density at radius 2 is 1.83 bits per heavy atom. The summed E-state index contributed by atoms with van der Waals surface area (Å²) in [6.45, 7) is 4.83. The molecule has 0 saturated carbocycles. The number of nitrogens with one attached hydrogen (secondary N) is 1. The molecule has 10 heteroatoms. The number of carbonyl (C=O) groups is 2. The molecule has 0 aliphatic carbocycles. The van der Waals surface area contributed by atoms with Crippen LogP contribution in [0.5, 0.6) is 5.75 Å². The molecule has 42 heavy (non-hydrogen) atoms. The van der Waals surface area contributed by atoms with E-state index in [9.17, 15) is 23.2 Å². The number of likely N-dealkylation sites (tertiary alicyclic amines) is 1. The van der Waals surface area contributed by atoms with Crippen LogP contribution in [0, 0.1) is 11.6 Å². The number of rotatable bonds is 5. The number of anilines is 1. The van der Waals surface area contributed by atoms with Crippen molar-refractivity contribution in [3.63, 3.8) is 0 Å². The molecule has 1 N–H and O–H groups in total. The highest BCUT2D eigenvalue weighted by Crippen LogP contribution is 2.36. The molecule has 1 atom stereocenters. The lowest BCUT2D eigenvalue weighted by molar-refractivity contribution is 0.0710. The second-order valence-electron chi connectivity index (χ2n) is 10.9. The van der Waals surface area contributed by atoms with Crippen molar-refractivity contribution >= 4 is 28.4 Å². The lowest BCUT2D eigenvalue weighted by Gasteiger charge is -2.33. The van der Waals surface area contributed by atoms with Gasteiger partial charge in [0.15, 0.2) is 11.6 Å². The van der Waals surface area contributed by atoms with Crippen LogP contribution in [0.15, 0.2) is 59.7 Å². The van der Waals surface area contributed by atoms with Crippen molar-refractivity contribution in [3.8, 4) is 5.75 Å². The third-order valence-electron chi connectivity index (χ3n) is 8.23. The van der Waals surface area contributed by atoms with Crippen LogP contribution in [0.4, 0.5) is 14.5 Å². The Morgan fingerprint density at radius 1 is 1.10 bits per heavy atom. The molecule has 6 rings (SSSR count). The fraction of sp³-hybridized carbons (Fsp3) is 0.312. The molecule has 4 aromatic rings. The highest BCUT2D eigenvalue weighted by atomic mass is 19.2. The maximum Gasteiger partial charge on any atom is 0.274 e. The molecular formula is C32H30F2N4O4. The van der Waals surface area contributed by atoms with Gasteiger partial charge >= 0.3 is 0 Å². The molecule has 1 saturated heterocycles. The summed E-state index contributed by atoms with van der Waals surface area (Å²) in [6, 6.07) is 11.9. The standard InChI is InChI=1S/C32H30F2N4O4/c1-3-19-8-11-35-26(14-19)31(40)36-22-6-4-20(5-7-22)21-9-12-37(13-10-21)32(41)24-16-38-18(2)17-42-30-27(34)25(33)15-23(28(30)38)29(24)39/h4-8,11,14-16,18,21H,3,9-10,12-13,17H2,1-2H3,(H,36,40)/t18-/m0/s1. The summed E-state index contributed by atoms with van der Waals surface area (Å²) in [5, 5.41) is 2.81. The molecule has 4 heterocycles. The molecule has 216 valence electrons. The monoisotopic (exact) mass is 572 g/mol. The minimum atomic E-state index is -1.19. The topological polar surface area (TPSA) is 93.5 Å². The van der Waals surface area contributed by atoms with E-state index < -0.39 is 23.0 Å². The highest BCUT2D eigenvalue weighted by Gasteiger charge is 2.31. The van der Waals surface area contributed by atoms with Crippen molar-refractivity contribution in [2.75, 3.05) is 25.0 Å². The number of hydrogen-bond acceptors (Lipinski definition) is 5. The zero-order chi connectivity index (χ0) is 29.5. The summed E-state index contributed by atoms with van der Waals surface area (Å²) in [6.07, 6.45) is 5.29. The number of ether oxygens (including phenoxy) is 1. The van der Waals surface area contributed by atoms with Crippen LogP contribution in [0.2, 0.25) is 0 Å². The zero-order valence-electron chi connectivity index (χ0n) is 23.3. The molecule has 2 aromatic heterocycles. The molecule has 0 spiro atoms. The van der Waals surface area contributed by atoms with Gasteiger partial charge in [-0.1, -0.05) is 19.1 Å². The minimum absolute atomic E-state index is 0.0642. The molecule has 2 aliphatic heterocycles. The number of amides is 2. The van der Waals surface area contributed by atoms with Crippen LogP contribution in [0.1, 0.15) is 70.6 Å². The normalized spacial score (nSPS) is 16.8. The smallest absolute Gasteiger partial charge is 0.274 e. The molecule has 0 unspecified atom stereocenters. The van der Waals surface area contributed by atoms with E-state index in [2.05, 4.69) is 10.3 Å². The van der Waals surface area contributed by atoms with Crippen LogP contribution in [0.3, 0.4) is 0 Å². The van der Waals surface area contributed by atoms with Crippen LogP contribution in [-0.4, -0.2) is 46.0 Å². The quantitative estimate of drug-likeness (QED) is 0.343. The van der Waals surface area contributed by atoms with Crippen molar-refractivity contribution in [3.05, 3.63) is 99.1 Å². The van der Waals surface area contributed by atoms with Gasteiger partial charge in [0.05, 0.1) is 16.9 Å². The lowest BCUT2D eigenvalue weighted by atomic mass is 9.89. The van der Waals surface area contributed by atoms with Crippen molar-refractivity contribution in [2.24, 2.45) is 0 Å². The first-order chi connectivity index (χ1) is 20.2. The minimum Gasteiger partial charge on any atom is -0.486 e. The van der Waals surface area contributed by atoms with Crippen molar-refractivity contribution < 1.29 is 23.1 Å². The molecule has 2 amide bonds. The third-order valence-corrected chi connectivity index (χ3v) is 8.23. The lowest BCUT2D eigenvalue weighted by Crippen LogP contribution is -2.40.